The first-order valence-corrected chi connectivity index (χ1v) is 6.86. The molecule has 2 heteroatoms. The molecule has 0 bridgehead atoms. The van der Waals surface area contributed by atoms with E-state index in [2.05, 4.69) is 56.1 Å². The summed E-state index contributed by atoms with van der Waals surface area (Å²) >= 11 is 0. The number of nitrogens with zero attached hydrogens (tertiary/aromatic N) is 1. The fourth-order valence-electron chi connectivity index (χ4n) is 2.36. The summed E-state index contributed by atoms with van der Waals surface area (Å²) in [6, 6.07) is 10.7. The molecule has 0 saturated heterocycles. The first-order chi connectivity index (χ1) is 9.10. The zero-order chi connectivity index (χ0) is 13.8. The Balaban J connectivity index is 2.13. The third-order valence-electron chi connectivity index (χ3n) is 3.55. The molecule has 1 heterocycles. The minimum absolute atomic E-state index is 0.0144. The molecule has 1 aromatic carbocycles. The van der Waals surface area contributed by atoms with E-state index in [0.717, 1.165) is 18.5 Å². The van der Waals surface area contributed by atoms with E-state index < -0.39 is 0 Å². The number of aryl methyl sites for hydroxylation is 3. The summed E-state index contributed by atoms with van der Waals surface area (Å²) in [5, 5.41) is 0. The second-order valence-corrected chi connectivity index (χ2v) is 5.18. The van der Waals surface area contributed by atoms with Gasteiger partial charge in [0.05, 0.1) is 0 Å². The highest BCUT2D eigenvalue weighted by Gasteiger charge is 2.10. The van der Waals surface area contributed by atoms with Crippen LogP contribution in [0.3, 0.4) is 0 Å². The number of aromatic nitrogens is 1. The molecule has 2 aromatic rings. The van der Waals surface area contributed by atoms with Gasteiger partial charge >= 0.3 is 0 Å². The van der Waals surface area contributed by atoms with Crippen molar-refractivity contribution in [3.8, 4) is 0 Å². The van der Waals surface area contributed by atoms with Gasteiger partial charge in [0.15, 0.2) is 0 Å². The van der Waals surface area contributed by atoms with Crippen LogP contribution in [0.2, 0.25) is 0 Å². The monoisotopic (exact) mass is 254 g/mol. The molecule has 2 N–H and O–H groups in total. The fourth-order valence-corrected chi connectivity index (χ4v) is 2.36. The first kappa shape index (κ1) is 13.8. The average Bonchev–Trinajstić information content (AvgIpc) is 2.39. The number of nitrogens with two attached hydrogens (primary N) is 1. The molecule has 1 unspecified atom stereocenters. The van der Waals surface area contributed by atoms with Crippen LogP contribution in [0, 0.1) is 13.8 Å². The average molecular weight is 254 g/mol. The largest absolute Gasteiger partial charge is 0.324 e. The molecule has 0 amide bonds. The summed E-state index contributed by atoms with van der Waals surface area (Å²) in [5.74, 6) is 0. The maximum absolute atomic E-state index is 6.31. The van der Waals surface area contributed by atoms with Gasteiger partial charge in [0.2, 0.25) is 0 Å². The Kier molecular flexibility index (Phi) is 4.33. The standard InChI is InChI=1S/C17H22N2/c1-4-14-6-7-15(19-11-14)10-17(18)16-8-5-12(2)9-13(16)3/h5-9,11,17H,4,10,18H2,1-3H3. The Morgan fingerprint density at radius 1 is 1.16 bits per heavy atom. The van der Waals surface area contributed by atoms with E-state index in [0.29, 0.717) is 0 Å². The molecule has 0 radical (unpaired) electrons. The fraction of sp³-hybridized carbons (Fsp3) is 0.353. The van der Waals surface area contributed by atoms with Crippen LogP contribution in [0.5, 0.6) is 0 Å². The van der Waals surface area contributed by atoms with E-state index in [1.807, 2.05) is 6.20 Å². The lowest BCUT2D eigenvalue weighted by Crippen LogP contribution is -2.15. The second-order valence-electron chi connectivity index (χ2n) is 5.18. The Bertz CT molecular complexity index is 544. The molecule has 0 aliphatic rings. The third-order valence-corrected chi connectivity index (χ3v) is 3.55. The molecule has 1 aromatic heterocycles. The van der Waals surface area contributed by atoms with Gasteiger partial charge in [-0.1, -0.05) is 36.8 Å². The van der Waals surface area contributed by atoms with Gasteiger partial charge in [0, 0.05) is 24.4 Å². The van der Waals surface area contributed by atoms with Crippen molar-refractivity contribution in [3.05, 3.63) is 64.5 Å². The summed E-state index contributed by atoms with van der Waals surface area (Å²) < 4.78 is 0. The summed E-state index contributed by atoms with van der Waals surface area (Å²) in [4.78, 5) is 4.48. The van der Waals surface area contributed by atoms with Crippen molar-refractivity contribution in [2.45, 2.75) is 39.7 Å². The van der Waals surface area contributed by atoms with Crippen LogP contribution in [0.1, 0.15) is 40.9 Å². The van der Waals surface area contributed by atoms with Crippen molar-refractivity contribution in [2.75, 3.05) is 0 Å². The number of rotatable bonds is 4. The number of hydrogen-bond acceptors (Lipinski definition) is 2. The van der Waals surface area contributed by atoms with Crippen LogP contribution >= 0.6 is 0 Å². The van der Waals surface area contributed by atoms with Gasteiger partial charge in [0.1, 0.15) is 0 Å². The highest BCUT2D eigenvalue weighted by Crippen LogP contribution is 2.20. The van der Waals surface area contributed by atoms with Gasteiger partial charge in [-0.05, 0) is 43.0 Å². The Morgan fingerprint density at radius 2 is 1.95 bits per heavy atom. The molecule has 2 rings (SSSR count). The Labute approximate surface area is 115 Å². The van der Waals surface area contributed by atoms with Crippen LogP contribution in [0.25, 0.3) is 0 Å². The lowest BCUT2D eigenvalue weighted by atomic mass is 9.96. The molecule has 1 atom stereocenters. The highest BCUT2D eigenvalue weighted by atomic mass is 14.7. The van der Waals surface area contributed by atoms with Crippen molar-refractivity contribution < 1.29 is 0 Å². The van der Waals surface area contributed by atoms with E-state index in [-0.39, 0.29) is 6.04 Å². The SMILES string of the molecule is CCc1ccc(CC(N)c2ccc(C)cc2C)nc1. The van der Waals surface area contributed by atoms with Gasteiger partial charge in [-0.25, -0.2) is 0 Å². The first-order valence-electron chi connectivity index (χ1n) is 6.86. The maximum atomic E-state index is 6.31. The predicted molar refractivity (Wildman–Crippen MR) is 80.2 cm³/mol. The summed E-state index contributed by atoms with van der Waals surface area (Å²) in [7, 11) is 0. The number of benzene rings is 1. The van der Waals surface area contributed by atoms with E-state index >= 15 is 0 Å². The predicted octanol–water partition coefficient (Wildman–Crippen LogP) is 3.50. The molecule has 0 saturated carbocycles. The normalized spacial score (nSPS) is 12.4. The molecule has 100 valence electrons. The van der Waals surface area contributed by atoms with Crippen molar-refractivity contribution in [2.24, 2.45) is 5.73 Å². The molecular weight excluding hydrogens is 232 g/mol. The minimum atomic E-state index is 0.0144. The van der Waals surface area contributed by atoms with Crippen LogP contribution < -0.4 is 5.73 Å². The van der Waals surface area contributed by atoms with E-state index in [9.17, 15) is 0 Å². The number of hydrogen-bond donors (Lipinski definition) is 1. The zero-order valence-corrected chi connectivity index (χ0v) is 12.0. The smallest absolute Gasteiger partial charge is 0.0422 e. The zero-order valence-electron chi connectivity index (χ0n) is 12.0. The van der Waals surface area contributed by atoms with Gasteiger partial charge in [-0.2, -0.15) is 0 Å². The second kappa shape index (κ2) is 5.98. The molecule has 0 aliphatic heterocycles. The quantitative estimate of drug-likeness (QED) is 0.907. The van der Waals surface area contributed by atoms with Gasteiger partial charge in [0.25, 0.3) is 0 Å². The molecule has 2 nitrogen and oxygen atoms in total. The van der Waals surface area contributed by atoms with Gasteiger partial charge in [-0.15, -0.1) is 0 Å². The molecular formula is C17H22N2. The van der Waals surface area contributed by atoms with Gasteiger partial charge < -0.3 is 5.73 Å². The molecule has 0 spiro atoms. The Hall–Kier alpha value is -1.67. The highest BCUT2D eigenvalue weighted by molar-refractivity contribution is 5.33. The van der Waals surface area contributed by atoms with Crippen LogP contribution in [0.4, 0.5) is 0 Å². The maximum Gasteiger partial charge on any atom is 0.0422 e. The Morgan fingerprint density at radius 3 is 2.53 bits per heavy atom. The molecule has 19 heavy (non-hydrogen) atoms. The number of pyridine rings is 1. The summed E-state index contributed by atoms with van der Waals surface area (Å²) in [6.45, 7) is 6.36. The lowest BCUT2D eigenvalue weighted by molar-refractivity contribution is 0.701. The van der Waals surface area contributed by atoms with Crippen LogP contribution in [0.15, 0.2) is 36.5 Å². The van der Waals surface area contributed by atoms with Gasteiger partial charge in [-0.3, -0.25) is 4.98 Å². The van der Waals surface area contributed by atoms with E-state index in [1.54, 1.807) is 0 Å². The van der Waals surface area contributed by atoms with Crippen molar-refractivity contribution in [1.82, 2.24) is 4.98 Å². The lowest BCUT2D eigenvalue weighted by Gasteiger charge is -2.15. The van der Waals surface area contributed by atoms with Crippen LogP contribution in [-0.4, -0.2) is 4.98 Å². The summed E-state index contributed by atoms with van der Waals surface area (Å²) in [6.07, 6.45) is 3.76. The third kappa shape index (κ3) is 3.42. The molecule has 0 aliphatic carbocycles. The van der Waals surface area contributed by atoms with Crippen LogP contribution in [-0.2, 0) is 12.8 Å². The van der Waals surface area contributed by atoms with E-state index in [4.69, 9.17) is 5.73 Å². The van der Waals surface area contributed by atoms with Crippen molar-refractivity contribution in [3.63, 3.8) is 0 Å². The summed E-state index contributed by atoms with van der Waals surface area (Å²) in [5.41, 5.74) is 12.4. The van der Waals surface area contributed by atoms with E-state index in [1.165, 1.54) is 22.3 Å². The topological polar surface area (TPSA) is 38.9 Å². The molecule has 0 fully saturated rings. The van der Waals surface area contributed by atoms with Crippen molar-refractivity contribution >= 4 is 0 Å². The minimum Gasteiger partial charge on any atom is -0.324 e. The van der Waals surface area contributed by atoms with Crippen molar-refractivity contribution in [1.29, 1.82) is 0 Å².